The summed E-state index contributed by atoms with van der Waals surface area (Å²) in [6.45, 7) is 1.07. The molecule has 15 heavy (non-hydrogen) atoms. The van der Waals surface area contributed by atoms with Gasteiger partial charge in [0.05, 0.1) is 6.54 Å². The van der Waals surface area contributed by atoms with E-state index in [0.29, 0.717) is 0 Å². The van der Waals surface area contributed by atoms with E-state index in [9.17, 15) is 4.79 Å². The van der Waals surface area contributed by atoms with Crippen molar-refractivity contribution in [3.05, 3.63) is 23.8 Å². The van der Waals surface area contributed by atoms with Gasteiger partial charge in [-0.05, 0) is 30.2 Å². The molecule has 0 saturated heterocycles. The minimum atomic E-state index is -0.152. The van der Waals surface area contributed by atoms with Crippen molar-refractivity contribution < 1.29 is 4.79 Å². The number of benzene rings is 1. The molecule has 0 fully saturated rings. The zero-order valence-electron chi connectivity index (χ0n) is 8.79. The molecule has 3 N–H and O–H groups in total. The maximum atomic E-state index is 11.1. The van der Waals surface area contributed by atoms with Gasteiger partial charge >= 0.3 is 0 Å². The number of nitrogens with two attached hydrogens (primary N) is 1. The number of nitrogens with one attached hydrogen (secondary N) is 1. The Kier molecular flexibility index (Phi) is 2.60. The van der Waals surface area contributed by atoms with Crippen molar-refractivity contribution in [2.24, 2.45) is 5.73 Å². The Balaban J connectivity index is 2.19. The molecule has 0 radical (unpaired) electrons. The lowest BCUT2D eigenvalue weighted by atomic mass is 10.1. The highest BCUT2D eigenvalue weighted by Gasteiger charge is 2.15. The summed E-state index contributed by atoms with van der Waals surface area (Å²) in [6.07, 6.45) is 1.04. The minimum Gasteiger partial charge on any atom is -0.374 e. The van der Waals surface area contributed by atoms with Crippen LogP contribution in [0.25, 0.3) is 0 Å². The number of hydrogen-bond acceptors (Lipinski definition) is 3. The summed E-state index contributed by atoms with van der Waals surface area (Å²) in [7, 11) is 2.07. The second kappa shape index (κ2) is 3.90. The normalized spacial score (nSPS) is 13.9. The lowest BCUT2D eigenvalue weighted by Crippen LogP contribution is -2.21. The average Bonchev–Trinajstić information content (AvgIpc) is 2.60. The molecule has 4 nitrogen and oxygen atoms in total. The molecular weight excluding hydrogens is 190 g/mol. The van der Waals surface area contributed by atoms with E-state index in [0.717, 1.165) is 18.7 Å². The number of carbonyl (C=O) groups excluding carboxylic acids is 1. The van der Waals surface area contributed by atoms with Crippen LogP contribution in [-0.2, 0) is 11.2 Å². The largest absolute Gasteiger partial charge is 0.374 e. The van der Waals surface area contributed by atoms with Gasteiger partial charge in [0.25, 0.3) is 0 Å². The third-order valence-electron chi connectivity index (χ3n) is 2.68. The summed E-state index contributed by atoms with van der Waals surface area (Å²) in [6, 6.07) is 5.97. The van der Waals surface area contributed by atoms with Crippen LogP contribution in [0.4, 0.5) is 11.4 Å². The minimum absolute atomic E-state index is 0.0248. The van der Waals surface area contributed by atoms with Crippen LogP contribution in [0.2, 0.25) is 0 Å². The Morgan fingerprint density at radius 2 is 2.40 bits per heavy atom. The Morgan fingerprint density at radius 3 is 3.13 bits per heavy atom. The van der Waals surface area contributed by atoms with Crippen molar-refractivity contribution in [1.82, 2.24) is 0 Å². The summed E-state index contributed by atoms with van der Waals surface area (Å²) in [5.41, 5.74) is 8.60. The Morgan fingerprint density at radius 1 is 1.60 bits per heavy atom. The molecule has 0 atom stereocenters. The first-order valence-corrected chi connectivity index (χ1v) is 5.04. The molecule has 4 heteroatoms. The maximum absolute atomic E-state index is 11.1. The van der Waals surface area contributed by atoms with Gasteiger partial charge in [-0.2, -0.15) is 0 Å². The van der Waals surface area contributed by atoms with Gasteiger partial charge in [0.1, 0.15) is 0 Å². The molecule has 1 aliphatic heterocycles. The number of amides is 1. The fourth-order valence-electron chi connectivity index (χ4n) is 1.86. The lowest BCUT2D eigenvalue weighted by molar-refractivity contribution is -0.114. The van der Waals surface area contributed by atoms with Gasteiger partial charge in [-0.1, -0.05) is 0 Å². The first-order valence-electron chi connectivity index (χ1n) is 5.04. The first kappa shape index (κ1) is 9.98. The summed E-state index contributed by atoms with van der Waals surface area (Å²) in [4.78, 5) is 13.3. The topological polar surface area (TPSA) is 58.4 Å². The Labute approximate surface area is 89.1 Å². The molecule has 1 aliphatic rings. The quantitative estimate of drug-likeness (QED) is 0.742. The average molecular weight is 205 g/mol. The van der Waals surface area contributed by atoms with Crippen LogP contribution < -0.4 is 16.0 Å². The highest BCUT2D eigenvalue weighted by atomic mass is 16.1. The SMILES string of the molecule is CN1CCc2cc(NC(=O)CN)ccc21. The summed E-state index contributed by atoms with van der Waals surface area (Å²) >= 11 is 0. The number of rotatable bonds is 2. The molecule has 80 valence electrons. The van der Waals surface area contributed by atoms with E-state index >= 15 is 0 Å². The van der Waals surface area contributed by atoms with Gasteiger partial charge in [0, 0.05) is 25.0 Å². The second-order valence-electron chi connectivity index (χ2n) is 3.77. The van der Waals surface area contributed by atoms with Gasteiger partial charge in [0.2, 0.25) is 5.91 Å². The van der Waals surface area contributed by atoms with Crippen LogP contribution in [0.1, 0.15) is 5.56 Å². The molecule has 1 amide bonds. The Bertz CT molecular complexity index is 389. The van der Waals surface area contributed by atoms with E-state index in [1.807, 2.05) is 18.2 Å². The van der Waals surface area contributed by atoms with Crippen molar-refractivity contribution in [2.75, 3.05) is 30.4 Å². The number of hydrogen-bond donors (Lipinski definition) is 2. The van der Waals surface area contributed by atoms with E-state index in [1.54, 1.807) is 0 Å². The van der Waals surface area contributed by atoms with Gasteiger partial charge in [-0.3, -0.25) is 4.79 Å². The van der Waals surface area contributed by atoms with Gasteiger partial charge in [-0.15, -0.1) is 0 Å². The smallest absolute Gasteiger partial charge is 0.238 e. The highest BCUT2D eigenvalue weighted by Crippen LogP contribution is 2.28. The maximum Gasteiger partial charge on any atom is 0.238 e. The van der Waals surface area contributed by atoms with Crippen molar-refractivity contribution >= 4 is 17.3 Å². The van der Waals surface area contributed by atoms with Crippen LogP contribution in [-0.4, -0.2) is 26.0 Å². The number of nitrogens with zero attached hydrogens (tertiary/aromatic N) is 1. The summed E-state index contributed by atoms with van der Waals surface area (Å²) in [5.74, 6) is -0.152. The number of anilines is 2. The van der Waals surface area contributed by atoms with Crippen LogP contribution in [0.5, 0.6) is 0 Å². The zero-order chi connectivity index (χ0) is 10.8. The van der Waals surface area contributed by atoms with Crippen molar-refractivity contribution in [1.29, 1.82) is 0 Å². The second-order valence-corrected chi connectivity index (χ2v) is 3.77. The van der Waals surface area contributed by atoms with Gasteiger partial charge < -0.3 is 16.0 Å². The molecule has 1 heterocycles. The van der Waals surface area contributed by atoms with E-state index in [-0.39, 0.29) is 12.5 Å². The third-order valence-corrected chi connectivity index (χ3v) is 2.68. The van der Waals surface area contributed by atoms with E-state index in [1.165, 1.54) is 11.3 Å². The molecule has 0 aliphatic carbocycles. The fourth-order valence-corrected chi connectivity index (χ4v) is 1.86. The van der Waals surface area contributed by atoms with Crippen LogP contribution >= 0.6 is 0 Å². The van der Waals surface area contributed by atoms with E-state index in [4.69, 9.17) is 5.73 Å². The Hall–Kier alpha value is -1.55. The van der Waals surface area contributed by atoms with E-state index in [2.05, 4.69) is 17.3 Å². The molecule has 0 saturated carbocycles. The predicted octanol–water partition coefficient (Wildman–Crippen LogP) is 0.576. The lowest BCUT2D eigenvalue weighted by Gasteiger charge is -2.12. The molecular formula is C11H15N3O. The van der Waals surface area contributed by atoms with Gasteiger partial charge in [-0.25, -0.2) is 0 Å². The zero-order valence-corrected chi connectivity index (χ0v) is 8.79. The number of fused-ring (bicyclic) bond motifs is 1. The number of likely N-dealkylation sites (N-methyl/N-ethyl adjacent to an activating group) is 1. The fraction of sp³-hybridized carbons (Fsp3) is 0.364. The summed E-state index contributed by atoms with van der Waals surface area (Å²) in [5, 5.41) is 2.75. The van der Waals surface area contributed by atoms with Crippen LogP contribution in [0.3, 0.4) is 0 Å². The monoisotopic (exact) mass is 205 g/mol. The van der Waals surface area contributed by atoms with Crippen molar-refractivity contribution in [2.45, 2.75) is 6.42 Å². The van der Waals surface area contributed by atoms with Crippen molar-refractivity contribution in [3.63, 3.8) is 0 Å². The standard InChI is InChI=1S/C11H15N3O/c1-14-5-4-8-6-9(2-3-10(8)14)13-11(15)7-12/h2-3,6H,4-5,7,12H2,1H3,(H,13,15). The van der Waals surface area contributed by atoms with Crippen LogP contribution in [0, 0.1) is 0 Å². The van der Waals surface area contributed by atoms with Crippen LogP contribution in [0.15, 0.2) is 18.2 Å². The molecule has 0 bridgehead atoms. The predicted molar refractivity (Wildman–Crippen MR) is 61.1 cm³/mol. The summed E-state index contributed by atoms with van der Waals surface area (Å²) < 4.78 is 0. The molecule has 1 aromatic carbocycles. The first-order chi connectivity index (χ1) is 7.20. The van der Waals surface area contributed by atoms with E-state index < -0.39 is 0 Å². The third kappa shape index (κ3) is 1.94. The number of carbonyl (C=O) groups is 1. The molecule has 0 unspecified atom stereocenters. The molecule has 0 aromatic heterocycles. The molecule has 2 rings (SSSR count). The molecule has 0 spiro atoms. The van der Waals surface area contributed by atoms with Gasteiger partial charge in [0.15, 0.2) is 0 Å². The van der Waals surface area contributed by atoms with Crippen molar-refractivity contribution in [3.8, 4) is 0 Å². The molecule has 1 aromatic rings. The highest BCUT2D eigenvalue weighted by molar-refractivity contribution is 5.92.